The molecule has 0 radical (unpaired) electrons. The first-order valence-electron chi connectivity index (χ1n) is 5.55. The molecule has 0 saturated carbocycles. The Bertz CT molecular complexity index is 229. The van der Waals surface area contributed by atoms with Gasteiger partial charge in [0.1, 0.15) is 0 Å². The van der Waals surface area contributed by atoms with Crippen LogP contribution in [-0.2, 0) is 4.79 Å². The molecule has 2 N–H and O–H groups in total. The first-order valence-corrected chi connectivity index (χ1v) is 6.71. The maximum atomic E-state index is 12.0. The van der Waals surface area contributed by atoms with Gasteiger partial charge in [0.05, 0.1) is 12.1 Å². The van der Waals surface area contributed by atoms with Crippen molar-refractivity contribution >= 4 is 17.7 Å². The molecule has 2 atom stereocenters. The normalized spacial score (nSPS) is 32.7. The van der Waals surface area contributed by atoms with E-state index in [1.807, 2.05) is 16.7 Å². The second kappa shape index (κ2) is 5.18. The van der Waals surface area contributed by atoms with Gasteiger partial charge < -0.3 is 15.3 Å². The number of β-amino-alcohol motifs (C(OH)–C–C–N with tert-alkyl or cyclic N) is 1. The first-order chi connectivity index (χ1) is 7.27. The number of hydrogen-bond acceptors (Lipinski definition) is 4. The van der Waals surface area contributed by atoms with E-state index in [0.29, 0.717) is 13.0 Å². The molecule has 0 spiro atoms. The van der Waals surface area contributed by atoms with Gasteiger partial charge in [0.15, 0.2) is 0 Å². The Morgan fingerprint density at radius 1 is 1.40 bits per heavy atom. The van der Waals surface area contributed by atoms with Crippen LogP contribution >= 0.6 is 11.8 Å². The van der Waals surface area contributed by atoms with Crippen molar-refractivity contribution < 1.29 is 9.90 Å². The minimum atomic E-state index is -0.347. The smallest absolute Gasteiger partial charge is 0.239 e. The monoisotopic (exact) mass is 230 g/mol. The van der Waals surface area contributed by atoms with Crippen LogP contribution < -0.4 is 5.32 Å². The summed E-state index contributed by atoms with van der Waals surface area (Å²) in [6.07, 6.45) is 1.31. The molecule has 86 valence electrons. The average Bonchev–Trinajstić information content (AvgIpc) is 2.53. The summed E-state index contributed by atoms with van der Waals surface area (Å²) in [5, 5.41) is 12.4. The van der Waals surface area contributed by atoms with E-state index in [1.54, 1.807) is 0 Å². The summed E-state index contributed by atoms with van der Waals surface area (Å²) in [5.41, 5.74) is 0. The van der Waals surface area contributed by atoms with Crippen LogP contribution in [0.5, 0.6) is 0 Å². The molecule has 2 aliphatic rings. The molecule has 2 saturated heterocycles. The van der Waals surface area contributed by atoms with E-state index < -0.39 is 0 Å². The Kier molecular flexibility index (Phi) is 3.88. The van der Waals surface area contributed by atoms with Gasteiger partial charge in [-0.05, 0) is 18.6 Å². The molecule has 2 heterocycles. The highest BCUT2D eigenvalue weighted by Gasteiger charge is 2.31. The fourth-order valence-corrected chi connectivity index (χ4v) is 2.98. The Morgan fingerprint density at radius 3 is 3.00 bits per heavy atom. The molecular weight excluding hydrogens is 212 g/mol. The molecule has 4 nitrogen and oxygen atoms in total. The average molecular weight is 230 g/mol. The van der Waals surface area contributed by atoms with E-state index in [0.717, 1.165) is 31.0 Å². The van der Waals surface area contributed by atoms with Gasteiger partial charge in [0.2, 0.25) is 5.91 Å². The predicted octanol–water partition coefficient (Wildman–Crippen LogP) is -0.325. The minimum Gasteiger partial charge on any atom is -0.392 e. The maximum Gasteiger partial charge on any atom is 0.239 e. The molecule has 2 rings (SSSR count). The molecule has 2 fully saturated rings. The summed E-state index contributed by atoms with van der Waals surface area (Å²) >= 11 is 1.92. The maximum absolute atomic E-state index is 12.0. The summed E-state index contributed by atoms with van der Waals surface area (Å²) < 4.78 is 0. The molecule has 0 aromatic heterocycles. The van der Waals surface area contributed by atoms with Gasteiger partial charge in [0, 0.05) is 25.4 Å². The SMILES string of the molecule is O=C(C1CC(O)CN1)N1CCCSCC1. The molecule has 0 bridgehead atoms. The fraction of sp³-hybridized carbons (Fsp3) is 0.900. The van der Waals surface area contributed by atoms with E-state index >= 15 is 0 Å². The van der Waals surface area contributed by atoms with Crippen LogP contribution in [0.2, 0.25) is 0 Å². The summed E-state index contributed by atoms with van der Waals surface area (Å²) in [5.74, 6) is 2.37. The number of amides is 1. The van der Waals surface area contributed by atoms with E-state index in [4.69, 9.17) is 0 Å². The van der Waals surface area contributed by atoms with Crippen LogP contribution in [0.4, 0.5) is 0 Å². The minimum absolute atomic E-state index is 0.150. The quantitative estimate of drug-likeness (QED) is 0.648. The molecule has 0 aliphatic carbocycles. The topological polar surface area (TPSA) is 52.6 Å². The van der Waals surface area contributed by atoms with Crippen molar-refractivity contribution in [2.75, 3.05) is 31.1 Å². The highest BCUT2D eigenvalue weighted by molar-refractivity contribution is 7.99. The Balaban J connectivity index is 1.88. The molecular formula is C10H18N2O2S. The highest BCUT2D eigenvalue weighted by atomic mass is 32.2. The molecule has 0 aromatic rings. The first kappa shape index (κ1) is 11.2. The largest absolute Gasteiger partial charge is 0.392 e. The summed E-state index contributed by atoms with van der Waals surface area (Å²) in [4.78, 5) is 14.0. The number of carbonyl (C=O) groups excluding carboxylic acids is 1. The lowest BCUT2D eigenvalue weighted by atomic mass is 10.2. The number of thioether (sulfide) groups is 1. The Labute approximate surface area is 94.4 Å². The lowest BCUT2D eigenvalue weighted by Crippen LogP contribution is -2.44. The third-order valence-electron chi connectivity index (χ3n) is 2.94. The van der Waals surface area contributed by atoms with Crippen molar-refractivity contribution in [2.45, 2.75) is 25.0 Å². The number of hydrogen-bond donors (Lipinski definition) is 2. The van der Waals surface area contributed by atoms with Crippen molar-refractivity contribution in [3.63, 3.8) is 0 Å². The zero-order valence-electron chi connectivity index (χ0n) is 8.82. The second-order valence-electron chi connectivity index (χ2n) is 4.14. The van der Waals surface area contributed by atoms with Crippen molar-refractivity contribution in [3.05, 3.63) is 0 Å². The number of aliphatic hydroxyl groups is 1. The van der Waals surface area contributed by atoms with Gasteiger partial charge in [-0.15, -0.1) is 0 Å². The third kappa shape index (κ3) is 2.86. The van der Waals surface area contributed by atoms with Gasteiger partial charge in [-0.1, -0.05) is 0 Å². The van der Waals surface area contributed by atoms with Gasteiger partial charge in [-0.25, -0.2) is 0 Å². The van der Waals surface area contributed by atoms with Gasteiger partial charge in [-0.3, -0.25) is 4.79 Å². The van der Waals surface area contributed by atoms with Crippen molar-refractivity contribution in [3.8, 4) is 0 Å². The third-order valence-corrected chi connectivity index (χ3v) is 3.99. The van der Waals surface area contributed by atoms with Crippen molar-refractivity contribution in [1.82, 2.24) is 10.2 Å². The van der Waals surface area contributed by atoms with Crippen LogP contribution in [-0.4, -0.2) is 59.2 Å². The number of nitrogens with one attached hydrogen (secondary N) is 1. The number of rotatable bonds is 1. The zero-order chi connectivity index (χ0) is 10.7. The van der Waals surface area contributed by atoms with Crippen molar-refractivity contribution in [2.24, 2.45) is 0 Å². The van der Waals surface area contributed by atoms with Crippen LogP contribution in [0, 0.1) is 0 Å². The van der Waals surface area contributed by atoms with Crippen LogP contribution in [0.15, 0.2) is 0 Å². The lowest BCUT2D eigenvalue weighted by molar-refractivity contribution is -0.132. The molecule has 2 unspecified atom stereocenters. The molecule has 0 aromatic carbocycles. The standard InChI is InChI=1S/C10H18N2O2S/c13-8-6-9(11-7-8)10(14)12-2-1-4-15-5-3-12/h8-9,11,13H,1-7H2. The fourth-order valence-electron chi connectivity index (χ4n) is 2.09. The van der Waals surface area contributed by atoms with Crippen LogP contribution in [0.1, 0.15) is 12.8 Å². The van der Waals surface area contributed by atoms with Gasteiger partial charge in [0.25, 0.3) is 0 Å². The van der Waals surface area contributed by atoms with E-state index in [-0.39, 0.29) is 18.1 Å². The van der Waals surface area contributed by atoms with E-state index in [9.17, 15) is 9.90 Å². The van der Waals surface area contributed by atoms with Gasteiger partial charge in [-0.2, -0.15) is 11.8 Å². The van der Waals surface area contributed by atoms with Crippen LogP contribution in [0.3, 0.4) is 0 Å². The van der Waals surface area contributed by atoms with Gasteiger partial charge >= 0.3 is 0 Å². The second-order valence-corrected chi connectivity index (χ2v) is 5.37. The summed E-state index contributed by atoms with van der Waals surface area (Å²) in [7, 11) is 0. The summed E-state index contributed by atoms with van der Waals surface area (Å²) in [6.45, 7) is 2.29. The van der Waals surface area contributed by atoms with E-state index in [2.05, 4.69) is 5.32 Å². The predicted molar refractivity (Wildman–Crippen MR) is 60.9 cm³/mol. The Morgan fingerprint density at radius 2 is 2.27 bits per heavy atom. The highest BCUT2D eigenvalue weighted by Crippen LogP contribution is 2.14. The molecule has 1 amide bonds. The molecule has 15 heavy (non-hydrogen) atoms. The zero-order valence-corrected chi connectivity index (χ0v) is 9.63. The van der Waals surface area contributed by atoms with Crippen molar-refractivity contribution in [1.29, 1.82) is 0 Å². The van der Waals surface area contributed by atoms with E-state index in [1.165, 1.54) is 0 Å². The lowest BCUT2D eigenvalue weighted by Gasteiger charge is -2.23. The molecule has 5 heteroatoms. The number of nitrogens with zero attached hydrogens (tertiary/aromatic N) is 1. The number of aliphatic hydroxyl groups excluding tert-OH is 1. The summed E-state index contributed by atoms with van der Waals surface area (Å²) in [6, 6.07) is -0.150. The molecule has 2 aliphatic heterocycles. The van der Waals surface area contributed by atoms with Crippen LogP contribution in [0.25, 0.3) is 0 Å². The Hall–Kier alpha value is -0.260. The number of carbonyl (C=O) groups is 1.